The Balaban J connectivity index is 2.24. The quantitative estimate of drug-likeness (QED) is 0.483. The van der Waals surface area contributed by atoms with Crippen LogP contribution in [0.3, 0.4) is 0 Å². The molecule has 3 aromatic rings. The highest BCUT2D eigenvalue weighted by Gasteiger charge is 2.24. The van der Waals surface area contributed by atoms with Gasteiger partial charge >= 0.3 is 0 Å². The van der Waals surface area contributed by atoms with E-state index in [4.69, 9.17) is 24.1 Å². The SMILES string of the molecule is CCOc1ccc2c(C(=O)c3cc(OC)c(OCC)c(OC)c3)cncc2c1S(N)(=O)=O. The molecule has 0 spiro atoms. The number of methoxy groups -OCH3 is 2. The fourth-order valence-electron chi connectivity index (χ4n) is 3.40. The molecule has 0 unspecified atom stereocenters. The van der Waals surface area contributed by atoms with Crippen molar-refractivity contribution in [2.75, 3.05) is 27.4 Å². The highest BCUT2D eigenvalue weighted by Crippen LogP contribution is 2.40. The van der Waals surface area contributed by atoms with E-state index in [2.05, 4.69) is 4.98 Å². The summed E-state index contributed by atoms with van der Waals surface area (Å²) >= 11 is 0. The minimum absolute atomic E-state index is 0.0957. The van der Waals surface area contributed by atoms with Crippen LogP contribution in [0.5, 0.6) is 23.0 Å². The second-order valence-electron chi connectivity index (χ2n) is 6.63. The van der Waals surface area contributed by atoms with Gasteiger partial charge in [-0.05, 0) is 43.5 Å². The van der Waals surface area contributed by atoms with Gasteiger partial charge in [-0.15, -0.1) is 0 Å². The number of aromatic nitrogens is 1. The average molecular weight is 461 g/mol. The van der Waals surface area contributed by atoms with E-state index in [1.54, 1.807) is 13.0 Å². The third-order valence-electron chi connectivity index (χ3n) is 4.70. The van der Waals surface area contributed by atoms with E-state index in [-0.39, 0.29) is 33.8 Å². The first-order chi connectivity index (χ1) is 15.3. The molecule has 0 fully saturated rings. The van der Waals surface area contributed by atoms with Crippen LogP contribution in [0.25, 0.3) is 10.8 Å². The molecule has 0 saturated carbocycles. The van der Waals surface area contributed by atoms with Crippen LogP contribution >= 0.6 is 0 Å². The standard InChI is InChI=1S/C22H24N2O7S/c1-5-30-17-8-7-14-15(11-24-12-16(14)22(17)32(23,26)27)20(25)13-9-18(28-3)21(31-6-2)19(10-13)29-4/h7-12H,5-6H2,1-4H3,(H2,23,26,27). The molecule has 0 saturated heterocycles. The van der Waals surface area contributed by atoms with Crippen LogP contribution in [0.1, 0.15) is 29.8 Å². The lowest BCUT2D eigenvalue weighted by Gasteiger charge is -2.16. The number of nitrogens with zero attached hydrogens (tertiary/aromatic N) is 1. The van der Waals surface area contributed by atoms with E-state index in [0.717, 1.165) is 0 Å². The molecule has 0 amide bonds. The smallest absolute Gasteiger partial charge is 0.242 e. The van der Waals surface area contributed by atoms with Crippen molar-refractivity contribution in [1.29, 1.82) is 0 Å². The van der Waals surface area contributed by atoms with Crippen LogP contribution < -0.4 is 24.1 Å². The van der Waals surface area contributed by atoms with E-state index < -0.39 is 15.8 Å². The zero-order valence-corrected chi connectivity index (χ0v) is 19.0. The minimum Gasteiger partial charge on any atom is -0.493 e. The highest BCUT2D eigenvalue weighted by atomic mass is 32.2. The van der Waals surface area contributed by atoms with Gasteiger partial charge in [0.15, 0.2) is 17.3 Å². The summed E-state index contributed by atoms with van der Waals surface area (Å²) in [5.74, 6) is 0.715. The Kier molecular flexibility index (Phi) is 6.85. The molecular formula is C22H24N2O7S. The first-order valence-electron chi connectivity index (χ1n) is 9.76. The van der Waals surface area contributed by atoms with Gasteiger partial charge in [-0.25, -0.2) is 13.6 Å². The monoisotopic (exact) mass is 460 g/mol. The number of primary sulfonamides is 1. The number of carbonyl (C=O) groups is 1. The van der Waals surface area contributed by atoms with E-state index in [0.29, 0.717) is 29.2 Å². The molecule has 1 aromatic heterocycles. The molecule has 0 atom stereocenters. The molecule has 0 radical (unpaired) electrons. The Hall–Kier alpha value is -3.37. The predicted octanol–water partition coefficient (Wildman–Crippen LogP) is 2.93. The fourth-order valence-corrected chi connectivity index (χ4v) is 4.27. The molecule has 170 valence electrons. The summed E-state index contributed by atoms with van der Waals surface area (Å²) < 4.78 is 46.4. The number of pyridine rings is 1. The van der Waals surface area contributed by atoms with Gasteiger partial charge < -0.3 is 18.9 Å². The molecule has 0 bridgehead atoms. The number of sulfonamides is 1. The number of ketones is 1. The van der Waals surface area contributed by atoms with Crippen molar-refractivity contribution in [3.05, 3.63) is 47.8 Å². The molecule has 32 heavy (non-hydrogen) atoms. The maximum atomic E-state index is 13.4. The summed E-state index contributed by atoms with van der Waals surface area (Å²) in [4.78, 5) is 17.3. The van der Waals surface area contributed by atoms with Crippen molar-refractivity contribution >= 4 is 26.6 Å². The number of carbonyl (C=O) groups excluding carboxylic acids is 1. The number of hydrogen-bond acceptors (Lipinski definition) is 8. The van der Waals surface area contributed by atoms with Gasteiger partial charge in [0.1, 0.15) is 10.6 Å². The third kappa shape index (κ3) is 4.32. The van der Waals surface area contributed by atoms with Crippen molar-refractivity contribution < 1.29 is 32.2 Å². The van der Waals surface area contributed by atoms with Crippen LogP contribution in [0.15, 0.2) is 41.6 Å². The van der Waals surface area contributed by atoms with Crippen LogP contribution in [0.2, 0.25) is 0 Å². The lowest BCUT2D eigenvalue weighted by atomic mass is 9.98. The zero-order chi connectivity index (χ0) is 23.5. The normalized spacial score (nSPS) is 11.3. The molecule has 0 aliphatic rings. The number of nitrogens with two attached hydrogens (primary N) is 1. The molecule has 9 nitrogen and oxygen atoms in total. The van der Waals surface area contributed by atoms with Crippen molar-refractivity contribution in [2.24, 2.45) is 5.14 Å². The number of ether oxygens (including phenoxy) is 4. The number of fused-ring (bicyclic) bond motifs is 1. The number of hydrogen-bond donors (Lipinski definition) is 1. The van der Waals surface area contributed by atoms with Crippen molar-refractivity contribution in [1.82, 2.24) is 4.98 Å². The summed E-state index contributed by atoms with van der Waals surface area (Å²) in [6.07, 6.45) is 2.71. The van der Waals surface area contributed by atoms with E-state index in [9.17, 15) is 13.2 Å². The Morgan fingerprint density at radius 1 is 0.938 bits per heavy atom. The van der Waals surface area contributed by atoms with E-state index in [1.807, 2.05) is 6.92 Å². The number of benzene rings is 2. The van der Waals surface area contributed by atoms with Gasteiger partial charge in [-0.3, -0.25) is 9.78 Å². The van der Waals surface area contributed by atoms with Crippen LogP contribution in [0, 0.1) is 0 Å². The molecule has 0 aliphatic heterocycles. The van der Waals surface area contributed by atoms with E-state index >= 15 is 0 Å². The molecule has 0 aliphatic carbocycles. The zero-order valence-electron chi connectivity index (χ0n) is 18.2. The Labute approximate surface area is 186 Å². The topological polar surface area (TPSA) is 127 Å². The third-order valence-corrected chi connectivity index (χ3v) is 5.69. The Morgan fingerprint density at radius 3 is 2.09 bits per heavy atom. The van der Waals surface area contributed by atoms with Crippen LogP contribution in [-0.4, -0.2) is 46.6 Å². The summed E-state index contributed by atoms with van der Waals surface area (Å²) in [5, 5.41) is 6.00. The maximum Gasteiger partial charge on any atom is 0.242 e. The van der Waals surface area contributed by atoms with Gasteiger partial charge in [0.25, 0.3) is 0 Å². The number of rotatable bonds is 9. The van der Waals surface area contributed by atoms with Gasteiger partial charge in [0, 0.05) is 28.9 Å². The summed E-state index contributed by atoms with van der Waals surface area (Å²) in [5.41, 5.74) is 0.436. The fraction of sp³-hybridized carbons (Fsp3) is 0.273. The van der Waals surface area contributed by atoms with Crippen LogP contribution in [0.4, 0.5) is 0 Å². The lowest BCUT2D eigenvalue weighted by molar-refractivity contribution is 0.103. The Bertz CT molecular complexity index is 1250. The first-order valence-corrected chi connectivity index (χ1v) is 11.3. The largest absolute Gasteiger partial charge is 0.493 e. The van der Waals surface area contributed by atoms with Gasteiger partial charge in [-0.1, -0.05) is 0 Å². The average Bonchev–Trinajstić information content (AvgIpc) is 2.77. The maximum absolute atomic E-state index is 13.4. The highest BCUT2D eigenvalue weighted by molar-refractivity contribution is 7.89. The van der Waals surface area contributed by atoms with E-state index in [1.165, 1.54) is 44.8 Å². The molecule has 2 N–H and O–H groups in total. The van der Waals surface area contributed by atoms with Crippen molar-refractivity contribution in [2.45, 2.75) is 18.7 Å². The van der Waals surface area contributed by atoms with Crippen molar-refractivity contribution in [3.63, 3.8) is 0 Å². The Morgan fingerprint density at radius 2 is 1.56 bits per heavy atom. The minimum atomic E-state index is -4.16. The van der Waals surface area contributed by atoms with Gasteiger partial charge in [0.05, 0.1) is 27.4 Å². The summed E-state index contributed by atoms with van der Waals surface area (Å²) in [6, 6.07) is 6.14. The second kappa shape index (κ2) is 9.41. The lowest BCUT2D eigenvalue weighted by Crippen LogP contribution is -2.15. The molecule has 3 rings (SSSR count). The predicted molar refractivity (Wildman–Crippen MR) is 118 cm³/mol. The van der Waals surface area contributed by atoms with Crippen molar-refractivity contribution in [3.8, 4) is 23.0 Å². The first kappa shape index (κ1) is 23.3. The molecule has 1 heterocycles. The second-order valence-corrected chi connectivity index (χ2v) is 8.12. The summed E-state index contributed by atoms with van der Waals surface area (Å²) in [7, 11) is -1.24. The van der Waals surface area contributed by atoms with Gasteiger partial charge in [-0.2, -0.15) is 0 Å². The summed E-state index contributed by atoms with van der Waals surface area (Å²) in [6.45, 7) is 4.17. The van der Waals surface area contributed by atoms with Crippen LogP contribution in [-0.2, 0) is 10.0 Å². The molecule has 10 heteroatoms. The molecular weight excluding hydrogens is 436 g/mol. The molecule has 2 aromatic carbocycles. The van der Waals surface area contributed by atoms with Gasteiger partial charge in [0.2, 0.25) is 15.8 Å².